The first-order valence-corrected chi connectivity index (χ1v) is 5.38. The number of hydrogen-bond acceptors (Lipinski definition) is 4. The number of amides is 1. The Morgan fingerprint density at radius 1 is 1.50 bits per heavy atom. The maximum absolute atomic E-state index is 11.7. The summed E-state index contributed by atoms with van der Waals surface area (Å²) in [5, 5.41) is 12.3. The highest BCUT2D eigenvalue weighted by Crippen LogP contribution is 2.12. The van der Waals surface area contributed by atoms with E-state index in [-0.39, 0.29) is 13.0 Å². The van der Waals surface area contributed by atoms with Crippen molar-refractivity contribution in [3.05, 3.63) is 10.4 Å². The zero-order chi connectivity index (χ0) is 14.3. The Hall–Kier alpha value is -1.95. The van der Waals surface area contributed by atoms with Gasteiger partial charge in [-0.15, -0.1) is 0 Å². The molecule has 0 spiro atoms. The first-order valence-electron chi connectivity index (χ1n) is 5.38. The van der Waals surface area contributed by atoms with Crippen LogP contribution in [0.15, 0.2) is 5.11 Å². The van der Waals surface area contributed by atoms with Gasteiger partial charge in [-0.3, -0.25) is 4.90 Å². The zero-order valence-electron chi connectivity index (χ0n) is 11.0. The normalized spacial score (nSPS) is 12.2. The van der Waals surface area contributed by atoms with Crippen LogP contribution in [0, 0.1) is 0 Å². The number of aliphatic carboxylic acids is 1. The molecule has 1 N–H and O–H groups in total. The average molecular weight is 258 g/mol. The van der Waals surface area contributed by atoms with Gasteiger partial charge in [-0.25, -0.2) is 9.59 Å². The minimum Gasteiger partial charge on any atom is -0.480 e. The van der Waals surface area contributed by atoms with Crippen molar-refractivity contribution in [2.24, 2.45) is 5.11 Å². The Morgan fingerprint density at radius 2 is 2.06 bits per heavy atom. The van der Waals surface area contributed by atoms with Crippen molar-refractivity contribution in [2.75, 3.05) is 13.6 Å². The third-order valence-corrected chi connectivity index (χ3v) is 2.00. The van der Waals surface area contributed by atoms with Crippen LogP contribution in [0.1, 0.15) is 27.2 Å². The van der Waals surface area contributed by atoms with Crippen molar-refractivity contribution in [3.63, 3.8) is 0 Å². The van der Waals surface area contributed by atoms with Crippen molar-refractivity contribution in [3.8, 4) is 0 Å². The molecule has 0 aromatic carbocycles. The predicted molar refractivity (Wildman–Crippen MR) is 64.1 cm³/mol. The zero-order valence-corrected chi connectivity index (χ0v) is 11.0. The Bertz CT molecular complexity index is 357. The van der Waals surface area contributed by atoms with Gasteiger partial charge in [0, 0.05) is 18.5 Å². The highest BCUT2D eigenvalue weighted by Gasteiger charge is 2.29. The van der Waals surface area contributed by atoms with Crippen LogP contribution in [0.4, 0.5) is 4.79 Å². The van der Waals surface area contributed by atoms with E-state index in [4.69, 9.17) is 15.4 Å². The molecule has 0 aliphatic carbocycles. The van der Waals surface area contributed by atoms with Gasteiger partial charge >= 0.3 is 12.1 Å². The summed E-state index contributed by atoms with van der Waals surface area (Å²) in [4.78, 5) is 26.2. The summed E-state index contributed by atoms with van der Waals surface area (Å²) in [7, 11) is 1.34. The minimum atomic E-state index is -1.17. The molecule has 0 aliphatic heterocycles. The first-order chi connectivity index (χ1) is 8.19. The van der Waals surface area contributed by atoms with E-state index in [1.165, 1.54) is 7.05 Å². The van der Waals surface area contributed by atoms with Crippen molar-refractivity contribution >= 4 is 12.1 Å². The molecule has 0 radical (unpaired) electrons. The quantitative estimate of drug-likeness (QED) is 0.461. The molecule has 8 nitrogen and oxygen atoms in total. The lowest BCUT2D eigenvalue weighted by Crippen LogP contribution is -2.45. The fourth-order valence-electron chi connectivity index (χ4n) is 1.17. The Balaban J connectivity index is 4.65. The van der Waals surface area contributed by atoms with E-state index in [0.717, 1.165) is 4.90 Å². The molecule has 8 heteroatoms. The van der Waals surface area contributed by atoms with Gasteiger partial charge in [-0.05, 0) is 32.7 Å². The number of rotatable bonds is 5. The lowest BCUT2D eigenvalue weighted by Gasteiger charge is -2.28. The van der Waals surface area contributed by atoms with Crippen LogP contribution < -0.4 is 0 Å². The van der Waals surface area contributed by atoms with E-state index in [1.54, 1.807) is 20.8 Å². The molecule has 0 saturated carbocycles. The summed E-state index contributed by atoms with van der Waals surface area (Å²) in [5.74, 6) is -1.17. The van der Waals surface area contributed by atoms with Crippen molar-refractivity contribution in [2.45, 2.75) is 38.8 Å². The number of carboxylic acids is 1. The largest absolute Gasteiger partial charge is 0.480 e. The van der Waals surface area contributed by atoms with E-state index in [2.05, 4.69) is 10.0 Å². The Morgan fingerprint density at radius 3 is 2.44 bits per heavy atom. The lowest BCUT2D eigenvalue weighted by atomic mass is 10.2. The van der Waals surface area contributed by atoms with E-state index in [9.17, 15) is 9.59 Å². The smallest absolute Gasteiger partial charge is 0.410 e. The molecule has 0 bridgehead atoms. The number of carboxylic acid groups (broad SMARTS) is 1. The average Bonchev–Trinajstić information content (AvgIpc) is 2.20. The van der Waals surface area contributed by atoms with E-state index in [0.29, 0.717) is 0 Å². The summed E-state index contributed by atoms with van der Waals surface area (Å²) < 4.78 is 5.06. The molecule has 0 aliphatic rings. The molecule has 0 fully saturated rings. The molecule has 0 saturated heterocycles. The number of nitrogens with zero attached hydrogens (tertiary/aromatic N) is 4. The fourth-order valence-corrected chi connectivity index (χ4v) is 1.17. The second-order valence-electron chi connectivity index (χ2n) is 4.69. The van der Waals surface area contributed by atoms with E-state index >= 15 is 0 Å². The van der Waals surface area contributed by atoms with Crippen molar-refractivity contribution in [1.29, 1.82) is 0 Å². The summed E-state index contributed by atoms with van der Waals surface area (Å²) >= 11 is 0. The number of ether oxygens (including phenoxy) is 1. The third kappa shape index (κ3) is 5.95. The first kappa shape index (κ1) is 16.1. The fraction of sp³-hybridized carbons (Fsp3) is 0.800. The van der Waals surface area contributed by atoms with Gasteiger partial charge in [0.1, 0.15) is 11.6 Å². The SMILES string of the molecule is CN(C(=O)OC(C)(C)C)C(CCN=[N+]=[N-])C(=O)O. The molecule has 0 rings (SSSR count). The molecule has 1 atom stereocenters. The molecular formula is C10H18N4O4. The maximum Gasteiger partial charge on any atom is 0.410 e. The van der Waals surface area contributed by atoms with Gasteiger partial charge in [-0.1, -0.05) is 5.11 Å². The summed E-state index contributed by atoms with van der Waals surface area (Å²) in [5.41, 5.74) is 7.43. The van der Waals surface area contributed by atoms with Gasteiger partial charge in [0.05, 0.1) is 0 Å². The summed E-state index contributed by atoms with van der Waals surface area (Å²) in [6, 6.07) is -1.08. The molecule has 1 unspecified atom stereocenters. The van der Waals surface area contributed by atoms with Gasteiger partial charge in [0.2, 0.25) is 0 Å². The number of carbonyl (C=O) groups is 2. The molecule has 18 heavy (non-hydrogen) atoms. The van der Waals surface area contributed by atoms with Gasteiger partial charge < -0.3 is 9.84 Å². The van der Waals surface area contributed by atoms with Crippen molar-refractivity contribution in [1.82, 2.24) is 4.90 Å². The molecule has 0 heterocycles. The highest BCUT2D eigenvalue weighted by molar-refractivity contribution is 5.79. The summed E-state index contributed by atoms with van der Waals surface area (Å²) in [6.45, 7) is 5.07. The van der Waals surface area contributed by atoms with Crippen LogP contribution in [0.5, 0.6) is 0 Å². The topological polar surface area (TPSA) is 116 Å². The highest BCUT2D eigenvalue weighted by atomic mass is 16.6. The lowest BCUT2D eigenvalue weighted by molar-refractivity contribution is -0.142. The standard InChI is InChI=1S/C10H18N4O4/c1-10(2,3)18-9(17)14(4)7(8(15)16)5-6-12-13-11/h7H,5-6H2,1-4H3,(H,15,16). The van der Waals surface area contributed by atoms with Gasteiger partial charge in [0.25, 0.3) is 0 Å². The van der Waals surface area contributed by atoms with Crippen LogP contribution in [0.2, 0.25) is 0 Å². The van der Waals surface area contributed by atoms with Gasteiger partial charge in [0.15, 0.2) is 0 Å². The number of carbonyl (C=O) groups excluding carboxylic acids is 1. The molecule has 0 aromatic rings. The van der Waals surface area contributed by atoms with Crippen LogP contribution >= 0.6 is 0 Å². The minimum absolute atomic E-state index is 0.000600. The molecule has 1 amide bonds. The van der Waals surface area contributed by atoms with E-state index in [1.807, 2.05) is 0 Å². The number of azide groups is 1. The maximum atomic E-state index is 11.7. The Kier molecular flexibility index (Phi) is 5.98. The second kappa shape index (κ2) is 6.70. The second-order valence-corrected chi connectivity index (χ2v) is 4.69. The summed E-state index contributed by atoms with van der Waals surface area (Å²) in [6.07, 6.45) is -0.689. The number of likely N-dealkylation sites (N-methyl/N-ethyl adjacent to an activating group) is 1. The molecular weight excluding hydrogens is 240 g/mol. The molecule has 0 aromatic heterocycles. The predicted octanol–water partition coefficient (Wildman–Crippen LogP) is 2.01. The van der Waals surface area contributed by atoms with Crippen LogP contribution in [-0.4, -0.2) is 47.3 Å². The number of hydrogen-bond donors (Lipinski definition) is 1. The van der Waals surface area contributed by atoms with Crippen LogP contribution in [-0.2, 0) is 9.53 Å². The third-order valence-electron chi connectivity index (χ3n) is 2.00. The Labute approximate surface area is 105 Å². The van der Waals surface area contributed by atoms with Crippen molar-refractivity contribution < 1.29 is 19.4 Å². The van der Waals surface area contributed by atoms with Crippen LogP contribution in [0.3, 0.4) is 0 Å². The monoisotopic (exact) mass is 258 g/mol. The van der Waals surface area contributed by atoms with Crippen LogP contribution in [0.25, 0.3) is 10.4 Å². The molecule has 102 valence electrons. The van der Waals surface area contributed by atoms with Gasteiger partial charge in [-0.2, -0.15) is 0 Å². The van der Waals surface area contributed by atoms with E-state index < -0.39 is 23.7 Å².